The van der Waals surface area contributed by atoms with Gasteiger partial charge in [0.05, 0.1) is 10.3 Å². The van der Waals surface area contributed by atoms with Crippen LogP contribution in [0.2, 0.25) is 0 Å². The summed E-state index contributed by atoms with van der Waals surface area (Å²) in [4.78, 5) is 20.5. The fourth-order valence-corrected chi connectivity index (χ4v) is 8.42. The molecule has 53 heavy (non-hydrogen) atoms. The molecule has 0 spiro atoms. The van der Waals surface area contributed by atoms with Crippen LogP contribution >= 0.6 is 11.3 Å². The van der Waals surface area contributed by atoms with Crippen molar-refractivity contribution in [1.82, 2.24) is 19.9 Å². The molecule has 248 valence electrons. The van der Waals surface area contributed by atoms with Gasteiger partial charge in [-0.15, -0.1) is 11.3 Å². The van der Waals surface area contributed by atoms with Gasteiger partial charge < -0.3 is 8.83 Å². The van der Waals surface area contributed by atoms with E-state index in [4.69, 9.17) is 28.8 Å². The van der Waals surface area contributed by atoms with Crippen molar-refractivity contribution in [2.75, 3.05) is 0 Å². The standard InChI is InChI=1S/C46H26N4O2S/c1-3-11-27(12-4-1)28-19-21-30(22-20-28)46-47-36-26-35-34-16-8-10-18-39(34)53-42(35)40(41(36)52-46)45-49-43(29-13-5-2-6-14-29)48-44(50-45)31-23-24-33-32-15-7-9-17-37(32)51-38(33)25-31/h1-26H. The number of fused-ring (bicyclic) bond motifs is 7. The fraction of sp³-hybridized carbons (Fsp3) is 0. The van der Waals surface area contributed by atoms with Crippen LogP contribution in [0.3, 0.4) is 0 Å². The van der Waals surface area contributed by atoms with Crippen molar-refractivity contribution in [2.24, 2.45) is 0 Å². The average molecular weight is 699 g/mol. The van der Waals surface area contributed by atoms with Gasteiger partial charge in [-0.05, 0) is 53.6 Å². The first-order valence-corrected chi connectivity index (χ1v) is 18.2. The number of furan rings is 1. The molecule has 4 aromatic heterocycles. The molecule has 7 heteroatoms. The van der Waals surface area contributed by atoms with E-state index in [1.54, 1.807) is 11.3 Å². The Balaban J connectivity index is 1.15. The highest BCUT2D eigenvalue weighted by Gasteiger charge is 2.24. The number of oxazole rings is 1. The smallest absolute Gasteiger partial charge is 0.227 e. The molecule has 7 aromatic carbocycles. The Morgan fingerprint density at radius 1 is 0.396 bits per heavy atom. The summed E-state index contributed by atoms with van der Waals surface area (Å²) in [6, 6.07) is 53.5. The van der Waals surface area contributed by atoms with Gasteiger partial charge in [-0.1, -0.05) is 115 Å². The predicted octanol–water partition coefficient (Wildman–Crippen LogP) is 12.6. The molecule has 0 aliphatic carbocycles. The molecule has 0 amide bonds. The highest BCUT2D eigenvalue weighted by molar-refractivity contribution is 7.26. The maximum absolute atomic E-state index is 6.75. The third-order valence-electron chi connectivity index (χ3n) is 9.79. The first-order valence-electron chi connectivity index (χ1n) is 17.4. The molecule has 11 aromatic rings. The minimum Gasteiger partial charge on any atom is -0.456 e. The second kappa shape index (κ2) is 11.8. The van der Waals surface area contributed by atoms with E-state index in [2.05, 4.69) is 84.9 Å². The van der Waals surface area contributed by atoms with Crippen LogP contribution in [0.1, 0.15) is 0 Å². The SMILES string of the molecule is c1ccc(-c2ccc(-c3nc4cc5c(sc6ccccc65)c(-c5nc(-c6ccccc6)nc(-c6ccc7c(c6)oc6ccccc67)n5)c4o3)cc2)cc1. The molecule has 0 radical (unpaired) electrons. The average Bonchev–Trinajstić information content (AvgIpc) is 3.93. The van der Waals surface area contributed by atoms with Crippen LogP contribution in [0.15, 0.2) is 167 Å². The van der Waals surface area contributed by atoms with Gasteiger partial charge in [-0.25, -0.2) is 19.9 Å². The minimum absolute atomic E-state index is 0.517. The Morgan fingerprint density at radius 2 is 1.00 bits per heavy atom. The zero-order valence-electron chi connectivity index (χ0n) is 28.0. The molecule has 0 fully saturated rings. The van der Waals surface area contributed by atoms with Gasteiger partial charge in [0.2, 0.25) is 5.89 Å². The summed E-state index contributed by atoms with van der Waals surface area (Å²) in [6.07, 6.45) is 0. The van der Waals surface area contributed by atoms with Crippen molar-refractivity contribution in [1.29, 1.82) is 0 Å². The largest absolute Gasteiger partial charge is 0.456 e. The van der Waals surface area contributed by atoms with Crippen LogP contribution in [-0.4, -0.2) is 19.9 Å². The van der Waals surface area contributed by atoms with Crippen molar-refractivity contribution >= 4 is 64.5 Å². The molecule has 0 bridgehead atoms. The minimum atomic E-state index is 0.517. The summed E-state index contributed by atoms with van der Waals surface area (Å²) in [5, 5.41) is 4.36. The quantitative estimate of drug-likeness (QED) is 0.178. The van der Waals surface area contributed by atoms with E-state index in [-0.39, 0.29) is 0 Å². The molecule has 0 aliphatic rings. The molecule has 0 saturated heterocycles. The van der Waals surface area contributed by atoms with Crippen molar-refractivity contribution in [3.63, 3.8) is 0 Å². The highest BCUT2D eigenvalue weighted by Crippen LogP contribution is 2.45. The van der Waals surface area contributed by atoms with E-state index in [1.807, 2.05) is 72.8 Å². The third-order valence-corrected chi connectivity index (χ3v) is 11.0. The van der Waals surface area contributed by atoms with Crippen LogP contribution < -0.4 is 0 Å². The molecule has 4 heterocycles. The second-order valence-electron chi connectivity index (χ2n) is 13.0. The topological polar surface area (TPSA) is 77.8 Å². The molecule has 0 atom stereocenters. The van der Waals surface area contributed by atoms with Gasteiger partial charge in [-0.3, -0.25) is 0 Å². The molecule has 6 nitrogen and oxygen atoms in total. The Hall–Kier alpha value is -6.96. The van der Waals surface area contributed by atoms with Gasteiger partial charge in [0.15, 0.2) is 23.1 Å². The maximum atomic E-state index is 6.75. The second-order valence-corrected chi connectivity index (χ2v) is 14.1. The summed E-state index contributed by atoms with van der Waals surface area (Å²) >= 11 is 1.71. The molecule has 0 saturated carbocycles. The summed E-state index contributed by atoms with van der Waals surface area (Å²) in [6.45, 7) is 0. The Bertz CT molecular complexity index is 3160. The number of thiophene rings is 1. The maximum Gasteiger partial charge on any atom is 0.227 e. The highest BCUT2D eigenvalue weighted by atomic mass is 32.1. The summed E-state index contributed by atoms with van der Waals surface area (Å²) < 4.78 is 15.2. The van der Waals surface area contributed by atoms with Gasteiger partial charge in [-0.2, -0.15) is 0 Å². The number of aromatic nitrogens is 4. The first kappa shape index (κ1) is 29.7. The van der Waals surface area contributed by atoms with Gasteiger partial charge in [0.1, 0.15) is 16.7 Å². The Labute approximate surface area is 306 Å². The van der Waals surface area contributed by atoms with Crippen LogP contribution in [0, 0.1) is 0 Å². The number of nitrogens with zero attached hydrogens (tertiary/aromatic N) is 4. The predicted molar refractivity (Wildman–Crippen MR) is 215 cm³/mol. The summed E-state index contributed by atoms with van der Waals surface area (Å²) in [5.74, 6) is 2.16. The van der Waals surface area contributed by atoms with Crippen molar-refractivity contribution < 1.29 is 8.83 Å². The lowest BCUT2D eigenvalue weighted by atomic mass is 10.0. The third kappa shape index (κ3) is 4.93. The monoisotopic (exact) mass is 698 g/mol. The lowest BCUT2D eigenvalue weighted by Gasteiger charge is -2.09. The normalized spacial score (nSPS) is 11.8. The van der Waals surface area contributed by atoms with Crippen LogP contribution in [0.5, 0.6) is 0 Å². The first-order chi connectivity index (χ1) is 26.2. The van der Waals surface area contributed by atoms with Gasteiger partial charge in [0, 0.05) is 42.9 Å². The Morgan fingerprint density at radius 3 is 1.81 bits per heavy atom. The zero-order chi connectivity index (χ0) is 34.9. The number of rotatable bonds is 5. The number of para-hydroxylation sites is 1. The zero-order valence-corrected chi connectivity index (χ0v) is 28.8. The van der Waals surface area contributed by atoms with Crippen molar-refractivity contribution in [3.05, 3.63) is 158 Å². The molecular weight excluding hydrogens is 673 g/mol. The number of benzene rings is 7. The van der Waals surface area contributed by atoms with Gasteiger partial charge >= 0.3 is 0 Å². The van der Waals surface area contributed by atoms with E-state index < -0.39 is 0 Å². The van der Waals surface area contributed by atoms with Crippen LogP contribution in [0.4, 0.5) is 0 Å². The van der Waals surface area contributed by atoms with E-state index in [1.165, 1.54) is 4.70 Å². The molecule has 11 rings (SSSR count). The van der Waals surface area contributed by atoms with Crippen molar-refractivity contribution in [3.8, 4) is 56.7 Å². The van der Waals surface area contributed by atoms with E-state index in [0.29, 0.717) is 28.9 Å². The summed E-state index contributed by atoms with van der Waals surface area (Å²) in [5.41, 5.74) is 8.68. The van der Waals surface area contributed by atoms with E-state index in [0.717, 1.165) is 76.3 Å². The molecular formula is C46H26N4O2S. The van der Waals surface area contributed by atoms with E-state index in [9.17, 15) is 0 Å². The molecule has 0 N–H and O–H groups in total. The molecule has 0 aliphatic heterocycles. The van der Waals surface area contributed by atoms with Gasteiger partial charge in [0.25, 0.3) is 0 Å². The van der Waals surface area contributed by atoms with Crippen LogP contribution in [-0.2, 0) is 0 Å². The fourth-order valence-electron chi connectivity index (χ4n) is 7.20. The lowest BCUT2D eigenvalue weighted by molar-refractivity contribution is 0.621. The Kier molecular flexibility index (Phi) is 6.62. The lowest BCUT2D eigenvalue weighted by Crippen LogP contribution is -2.00. The van der Waals surface area contributed by atoms with Crippen LogP contribution in [0.25, 0.3) is 110 Å². The number of hydrogen-bond donors (Lipinski definition) is 0. The summed E-state index contributed by atoms with van der Waals surface area (Å²) in [7, 11) is 0. The van der Waals surface area contributed by atoms with Crippen molar-refractivity contribution in [2.45, 2.75) is 0 Å². The van der Waals surface area contributed by atoms with E-state index >= 15 is 0 Å². The number of hydrogen-bond acceptors (Lipinski definition) is 7. The molecule has 0 unspecified atom stereocenters.